The first-order valence-electron chi connectivity index (χ1n) is 7.77. The molecule has 0 aliphatic carbocycles. The third kappa shape index (κ3) is 6.36. The number of amides is 1. The molecule has 0 aliphatic rings. The van der Waals surface area contributed by atoms with Gasteiger partial charge in [-0.1, -0.05) is 19.2 Å². The molecule has 6 heteroatoms. The second kappa shape index (κ2) is 6.66. The van der Waals surface area contributed by atoms with Gasteiger partial charge in [-0.25, -0.2) is 4.79 Å². The minimum atomic E-state index is -1.11. The minimum Gasteiger partial charge on any atom is -0.451 e. The molecule has 0 saturated heterocycles. The van der Waals surface area contributed by atoms with Crippen LogP contribution in [0.1, 0.15) is 68.7 Å². The van der Waals surface area contributed by atoms with Crippen molar-refractivity contribution in [3.05, 3.63) is 0 Å². The van der Waals surface area contributed by atoms with Gasteiger partial charge in [-0.3, -0.25) is 9.59 Å². The van der Waals surface area contributed by atoms with Crippen molar-refractivity contribution in [3.63, 3.8) is 0 Å². The van der Waals surface area contributed by atoms with Gasteiger partial charge in [0, 0.05) is 5.54 Å². The Morgan fingerprint density at radius 3 is 1.74 bits per heavy atom. The van der Waals surface area contributed by atoms with Crippen molar-refractivity contribution >= 4 is 25.5 Å². The molecule has 2 radical (unpaired) electrons. The molecule has 1 N–H and O–H groups in total. The van der Waals surface area contributed by atoms with Crippen LogP contribution < -0.4 is 5.32 Å². The summed E-state index contributed by atoms with van der Waals surface area (Å²) in [6.07, 6.45) is 0.487. The van der Waals surface area contributed by atoms with Crippen LogP contribution >= 0.6 is 0 Å². The molecule has 0 aromatic heterocycles. The van der Waals surface area contributed by atoms with E-state index in [0.717, 1.165) is 0 Å². The molecule has 0 aromatic rings. The van der Waals surface area contributed by atoms with E-state index in [1.807, 2.05) is 13.8 Å². The fourth-order valence-electron chi connectivity index (χ4n) is 2.37. The van der Waals surface area contributed by atoms with Gasteiger partial charge >= 0.3 is 11.9 Å². The molecule has 130 valence electrons. The Balaban J connectivity index is 5.00. The number of nitrogens with one attached hydrogen (secondary N) is 1. The first-order chi connectivity index (χ1) is 9.91. The maximum atomic E-state index is 12.1. The Bertz CT molecular complexity index is 487. The van der Waals surface area contributed by atoms with Crippen LogP contribution in [-0.4, -0.2) is 36.6 Å². The number of hydrogen-bond acceptors (Lipinski definition) is 4. The largest absolute Gasteiger partial charge is 0.451 e. The van der Waals surface area contributed by atoms with E-state index in [-0.39, 0.29) is 5.78 Å². The van der Waals surface area contributed by atoms with E-state index >= 15 is 0 Å². The van der Waals surface area contributed by atoms with Gasteiger partial charge in [0.1, 0.15) is 11.4 Å². The summed E-state index contributed by atoms with van der Waals surface area (Å²) in [4.78, 5) is 35.9. The standard InChI is InChI=1S/C17H30BNO4/c1-11(20)16(6,7)17(8,9)23-13(22)12(21)19-15(4,5)10-14(2,3)18/h10H2,1-9H3,(H,19,21). The first kappa shape index (κ1) is 21.7. The fraction of sp³-hybridized carbons (Fsp3) is 0.824. The third-order valence-corrected chi connectivity index (χ3v) is 4.27. The van der Waals surface area contributed by atoms with Crippen molar-refractivity contribution in [1.82, 2.24) is 5.32 Å². The molecule has 0 fully saturated rings. The maximum absolute atomic E-state index is 12.1. The lowest BCUT2D eigenvalue weighted by Crippen LogP contribution is -2.52. The van der Waals surface area contributed by atoms with Crippen LogP contribution in [-0.2, 0) is 19.1 Å². The maximum Gasteiger partial charge on any atom is 0.397 e. The van der Waals surface area contributed by atoms with Crippen LogP contribution in [0.2, 0.25) is 5.31 Å². The average Bonchev–Trinajstić information content (AvgIpc) is 2.23. The normalized spacial score (nSPS) is 13.4. The molecular formula is C17H30BNO4. The smallest absolute Gasteiger partial charge is 0.397 e. The molecule has 0 aliphatic heterocycles. The number of Topliss-reactive ketones (excluding diaryl/α,β-unsaturated/α-hetero) is 1. The molecule has 1 amide bonds. The summed E-state index contributed by atoms with van der Waals surface area (Å²) in [6, 6.07) is 0. The number of carbonyl (C=O) groups is 3. The van der Waals surface area contributed by atoms with E-state index in [1.165, 1.54) is 6.92 Å². The number of ketones is 1. The summed E-state index contributed by atoms with van der Waals surface area (Å²) in [5, 5.41) is 2.15. The summed E-state index contributed by atoms with van der Waals surface area (Å²) in [6.45, 7) is 15.3. The summed E-state index contributed by atoms with van der Waals surface area (Å²) < 4.78 is 5.30. The number of esters is 1. The number of hydrogen-bond donors (Lipinski definition) is 1. The highest BCUT2D eigenvalue weighted by Crippen LogP contribution is 2.35. The highest BCUT2D eigenvalue weighted by molar-refractivity contribution is 6.32. The lowest BCUT2D eigenvalue weighted by molar-refractivity contribution is -0.176. The molecule has 0 unspecified atom stereocenters. The number of carbonyl (C=O) groups excluding carboxylic acids is 3. The topological polar surface area (TPSA) is 72.5 Å². The van der Waals surface area contributed by atoms with Gasteiger partial charge in [0.05, 0.1) is 13.3 Å². The van der Waals surface area contributed by atoms with Crippen LogP contribution in [0.15, 0.2) is 0 Å². The lowest BCUT2D eigenvalue weighted by atomic mass is 9.66. The van der Waals surface area contributed by atoms with Crippen molar-refractivity contribution in [2.24, 2.45) is 5.41 Å². The molecule has 0 rings (SSSR count). The van der Waals surface area contributed by atoms with Gasteiger partial charge in [-0.2, -0.15) is 0 Å². The fourth-order valence-corrected chi connectivity index (χ4v) is 2.37. The summed E-state index contributed by atoms with van der Waals surface area (Å²) in [5.74, 6) is -1.97. The van der Waals surface area contributed by atoms with Crippen LogP contribution in [0.4, 0.5) is 0 Å². The van der Waals surface area contributed by atoms with Crippen molar-refractivity contribution in [1.29, 1.82) is 0 Å². The lowest BCUT2D eigenvalue weighted by Gasteiger charge is -2.39. The van der Waals surface area contributed by atoms with E-state index in [1.54, 1.807) is 41.5 Å². The molecule has 5 nitrogen and oxygen atoms in total. The van der Waals surface area contributed by atoms with Crippen molar-refractivity contribution in [2.45, 2.75) is 85.2 Å². The van der Waals surface area contributed by atoms with Gasteiger partial charge in [0.25, 0.3) is 0 Å². The zero-order chi connectivity index (χ0) is 18.9. The Kier molecular flexibility index (Phi) is 6.27. The molecule has 23 heavy (non-hydrogen) atoms. The second-order valence-corrected chi connectivity index (χ2v) is 8.58. The average molecular weight is 323 g/mol. The van der Waals surface area contributed by atoms with E-state index in [2.05, 4.69) is 5.32 Å². The Hall–Kier alpha value is -1.33. The van der Waals surface area contributed by atoms with E-state index < -0.39 is 33.7 Å². The molecule has 0 spiro atoms. The monoisotopic (exact) mass is 323 g/mol. The SMILES string of the molecule is [B]C(C)(C)CC(C)(C)NC(=O)C(=O)OC(C)(C)C(C)(C)C(C)=O. The van der Waals surface area contributed by atoms with E-state index in [0.29, 0.717) is 6.42 Å². The summed E-state index contributed by atoms with van der Waals surface area (Å²) in [7, 11) is 5.96. The van der Waals surface area contributed by atoms with Crippen LogP contribution in [0.5, 0.6) is 0 Å². The second-order valence-electron chi connectivity index (χ2n) is 8.58. The number of ether oxygens (including phenoxy) is 1. The van der Waals surface area contributed by atoms with Crippen LogP contribution in [0.25, 0.3) is 0 Å². The summed E-state index contributed by atoms with van der Waals surface area (Å²) >= 11 is 0. The molecular weight excluding hydrogens is 293 g/mol. The quantitative estimate of drug-likeness (QED) is 0.463. The zero-order valence-electron chi connectivity index (χ0n) is 15.9. The molecule has 0 atom stereocenters. The van der Waals surface area contributed by atoms with E-state index in [9.17, 15) is 14.4 Å². The Morgan fingerprint density at radius 2 is 1.39 bits per heavy atom. The predicted molar refractivity (Wildman–Crippen MR) is 91.3 cm³/mol. The van der Waals surface area contributed by atoms with Gasteiger partial charge in [-0.05, 0) is 54.9 Å². The van der Waals surface area contributed by atoms with Crippen molar-refractivity contribution in [3.8, 4) is 0 Å². The molecule has 0 aromatic carbocycles. The molecule has 0 saturated carbocycles. The van der Waals surface area contributed by atoms with Gasteiger partial charge < -0.3 is 10.1 Å². The highest BCUT2D eigenvalue weighted by atomic mass is 16.6. The van der Waals surface area contributed by atoms with Gasteiger partial charge in [0.15, 0.2) is 0 Å². The minimum absolute atomic E-state index is 0.124. The first-order valence-corrected chi connectivity index (χ1v) is 7.77. The Labute approximate surface area is 141 Å². The van der Waals surface area contributed by atoms with Crippen LogP contribution in [0.3, 0.4) is 0 Å². The molecule has 0 heterocycles. The number of rotatable bonds is 6. The zero-order valence-corrected chi connectivity index (χ0v) is 15.9. The predicted octanol–water partition coefficient (Wildman–Crippen LogP) is 2.58. The summed E-state index contributed by atoms with van der Waals surface area (Å²) in [5.41, 5.74) is -2.67. The van der Waals surface area contributed by atoms with Crippen molar-refractivity contribution < 1.29 is 19.1 Å². The van der Waals surface area contributed by atoms with Crippen molar-refractivity contribution in [2.75, 3.05) is 0 Å². The highest BCUT2D eigenvalue weighted by Gasteiger charge is 2.45. The third-order valence-electron chi connectivity index (χ3n) is 4.27. The van der Waals surface area contributed by atoms with E-state index in [4.69, 9.17) is 12.6 Å². The van der Waals surface area contributed by atoms with Gasteiger partial charge in [0.2, 0.25) is 0 Å². The van der Waals surface area contributed by atoms with Gasteiger partial charge in [-0.15, -0.1) is 0 Å². The molecule has 0 bridgehead atoms. The van der Waals surface area contributed by atoms with Crippen LogP contribution in [0, 0.1) is 5.41 Å². The Morgan fingerprint density at radius 1 is 0.957 bits per heavy atom.